The summed E-state index contributed by atoms with van der Waals surface area (Å²) in [5.74, 6) is 0.497. The first-order chi connectivity index (χ1) is 15.1. The van der Waals surface area contributed by atoms with E-state index in [0.29, 0.717) is 12.2 Å². The maximum absolute atomic E-state index is 13.2. The summed E-state index contributed by atoms with van der Waals surface area (Å²) in [6.07, 6.45) is 1.69. The summed E-state index contributed by atoms with van der Waals surface area (Å²) in [6, 6.07) is 5.33. The zero-order valence-electron chi connectivity index (χ0n) is 19.4. The van der Waals surface area contributed by atoms with Crippen LogP contribution in [-0.4, -0.2) is 39.5 Å². The van der Waals surface area contributed by atoms with E-state index in [1.54, 1.807) is 12.3 Å². The van der Waals surface area contributed by atoms with Crippen LogP contribution in [0.25, 0.3) is 11.0 Å². The highest BCUT2D eigenvalue weighted by molar-refractivity contribution is 6.05. The molecule has 0 aliphatic rings. The second-order valence-corrected chi connectivity index (χ2v) is 8.77. The molecule has 0 aliphatic heterocycles. The molecule has 0 aromatic carbocycles. The molecule has 0 radical (unpaired) electrons. The molecular weight excluding hydrogens is 408 g/mol. The zero-order valence-corrected chi connectivity index (χ0v) is 19.4. The van der Waals surface area contributed by atoms with Crippen molar-refractivity contribution in [1.29, 1.82) is 0 Å². The molecule has 3 aromatic rings. The monoisotopic (exact) mass is 438 g/mol. The van der Waals surface area contributed by atoms with Crippen molar-refractivity contribution in [3.8, 4) is 0 Å². The molecule has 0 aliphatic carbocycles. The zero-order chi connectivity index (χ0) is 23.6. The molecule has 0 spiro atoms. The number of nitrogens with one attached hydrogen (secondary N) is 2. The van der Waals surface area contributed by atoms with Crippen molar-refractivity contribution in [3.63, 3.8) is 0 Å². The molecule has 3 heterocycles. The molecule has 32 heavy (non-hydrogen) atoms. The number of H-pyrrole nitrogens is 1. The fraction of sp³-hybridized carbons (Fsp3) is 0.435. The Balaban J connectivity index is 2.12. The predicted octanol–water partition coefficient (Wildman–Crippen LogP) is 2.26. The maximum atomic E-state index is 13.2. The van der Waals surface area contributed by atoms with Gasteiger partial charge in [-0.15, -0.1) is 0 Å². The number of hydrogen-bond donors (Lipinski definition) is 2. The van der Waals surface area contributed by atoms with Crippen molar-refractivity contribution < 1.29 is 4.79 Å². The molecule has 0 saturated carbocycles. The Morgan fingerprint density at radius 1 is 1.22 bits per heavy atom. The number of nitrogens with zero attached hydrogens (tertiary/aromatic N) is 4. The van der Waals surface area contributed by atoms with E-state index in [0.717, 1.165) is 11.4 Å². The highest BCUT2D eigenvalue weighted by Gasteiger charge is 2.21. The lowest BCUT2D eigenvalue weighted by Gasteiger charge is -2.17. The number of carbonyl (C=O) groups excluding carboxylic acids is 1. The Morgan fingerprint density at radius 2 is 1.94 bits per heavy atom. The summed E-state index contributed by atoms with van der Waals surface area (Å²) >= 11 is 0. The number of rotatable bonds is 7. The number of fused-ring (bicyclic) bond motifs is 1. The number of pyridine rings is 2. The standard InChI is InChI=1S/C23H30N6O3/c1-13(2)12-29-20-18(22(31)27-23(29)32)16(10-17(26-20)14(3)4)21(30)25-11-15-8-7-9-24-19(15)28(5)6/h7-10,13-14H,11-12H2,1-6H3,(H,25,30)(H,27,31,32). The number of amides is 1. The van der Waals surface area contributed by atoms with Gasteiger partial charge in [-0.2, -0.15) is 0 Å². The second kappa shape index (κ2) is 9.33. The van der Waals surface area contributed by atoms with E-state index >= 15 is 0 Å². The number of anilines is 1. The van der Waals surface area contributed by atoms with Gasteiger partial charge in [-0.05, 0) is 24.0 Å². The van der Waals surface area contributed by atoms with Crippen molar-refractivity contribution in [2.75, 3.05) is 19.0 Å². The quantitative estimate of drug-likeness (QED) is 0.585. The van der Waals surface area contributed by atoms with Gasteiger partial charge in [-0.25, -0.2) is 14.8 Å². The van der Waals surface area contributed by atoms with Gasteiger partial charge in [-0.1, -0.05) is 33.8 Å². The van der Waals surface area contributed by atoms with Crippen LogP contribution in [0.15, 0.2) is 34.0 Å². The first-order valence-corrected chi connectivity index (χ1v) is 10.7. The highest BCUT2D eigenvalue weighted by atomic mass is 16.2. The maximum Gasteiger partial charge on any atom is 0.330 e. The normalized spacial score (nSPS) is 11.4. The molecule has 0 atom stereocenters. The molecule has 170 valence electrons. The number of hydrogen-bond acceptors (Lipinski definition) is 6. The van der Waals surface area contributed by atoms with Crippen molar-refractivity contribution in [1.82, 2.24) is 24.8 Å². The first-order valence-electron chi connectivity index (χ1n) is 10.7. The average Bonchev–Trinajstić information content (AvgIpc) is 2.73. The second-order valence-electron chi connectivity index (χ2n) is 8.77. The summed E-state index contributed by atoms with van der Waals surface area (Å²) < 4.78 is 1.44. The Morgan fingerprint density at radius 3 is 2.56 bits per heavy atom. The van der Waals surface area contributed by atoms with Gasteiger partial charge in [0.1, 0.15) is 5.82 Å². The third kappa shape index (κ3) is 4.71. The van der Waals surface area contributed by atoms with Gasteiger partial charge in [0.05, 0.1) is 10.9 Å². The highest BCUT2D eigenvalue weighted by Crippen LogP contribution is 2.21. The molecule has 1 amide bonds. The topological polar surface area (TPSA) is 113 Å². The number of carbonyl (C=O) groups is 1. The van der Waals surface area contributed by atoms with E-state index in [2.05, 4.69) is 20.3 Å². The summed E-state index contributed by atoms with van der Waals surface area (Å²) in [5, 5.41) is 3.01. The molecule has 3 aromatic heterocycles. The minimum absolute atomic E-state index is 0.00602. The lowest BCUT2D eigenvalue weighted by molar-refractivity contribution is 0.0952. The minimum Gasteiger partial charge on any atom is -0.362 e. The molecular formula is C23H30N6O3. The predicted molar refractivity (Wildman–Crippen MR) is 125 cm³/mol. The Bertz CT molecular complexity index is 1260. The van der Waals surface area contributed by atoms with Gasteiger partial charge in [0.25, 0.3) is 11.5 Å². The van der Waals surface area contributed by atoms with Crippen molar-refractivity contribution in [2.24, 2.45) is 5.92 Å². The lowest BCUT2D eigenvalue weighted by atomic mass is 10.0. The average molecular weight is 439 g/mol. The summed E-state index contributed by atoms with van der Waals surface area (Å²) in [6.45, 7) is 8.47. The lowest BCUT2D eigenvalue weighted by Crippen LogP contribution is -2.34. The van der Waals surface area contributed by atoms with E-state index in [1.807, 2.05) is 58.8 Å². The van der Waals surface area contributed by atoms with Crippen LogP contribution >= 0.6 is 0 Å². The number of aromatic nitrogens is 4. The van der Waals surface area contributed by atoms with Gasteiger partial charge in [-0.3, -0.25) is 19.1 Å². The number of aromatic amines is 1. The summed E-state index contributed by atoms with van der Waals surface area (Å²) in [5.41, 5.74) is 0.779. The Hall–Kier alpha value is -3.49. The van der Waals surface area contributed by atoms with Crippen LogP contribution in [0.3, 0.4) is 0 Å². The molecule has 0 saturated heterocycles. The fourth-order valence-corrected chi connectivity index (χ4v) is 3.54. The third-order valence-corrected chi connectivity index (χ3v) is 5.08. The van der Waals surface area contributed by atoms with E-state index in [-0.39, 0.29) is 35.0 Å². The third-order valence-electron chi connectivity index (χ3n) is 5.08. The smallest absolute Gasteiger partial charge is 0.330 e. The Labute approximate surface area is 186 Å². The fourth-order valence-electron chi connectivity index (χ4n) is 3.54. The van der Waals surface area contributed by atoms with Gasteiger partial charge >= 0.3 is 5.69 Å². The van der Waals surface area contributed by atoms with E-state index in [4.69, 9.17) is 0 Å². The van der Waals surface area contributed by atoms with Crippen LogP contribution in [0.1, 0.15) is 55.2 Å². The van der Waals surface area contributed by atoms with Gasteiger partial charge in [0.15, 0.2) is 5.65 Å². The molecule has 0 unspecified atom stereocenters. The van der Waals surface area contributed by atoms with Gasteiger partial charge in [0, 0.05) is 44.6 Å². The summed E-state index contributed by atoms with van der Waals surface area (Å²) in [4.78, 5) is 51.7. The minimum atomic E-state index is -0.617. The van der Waals surface area contributed by atoms with Crippen LogP contribution in [0, 0.1) is 5.92 Å². The van der Waals surface area contributed by atoms with Crippen molar-refractivity contribution in [3.05, 3.63) is 62.1 Å². The van der Waals surface area contributed by atoms with E-state index in [1.165, 1.54) is 4.57 Å². The van der Waals surface area contributed by atoms with Crippen LogP contribution in [0.4, 0.5) is 5.82 Å². The van der Waals surface area contributed by atoms with Crippen molar-refractivity contribution >= 4 is 22.8 Å². The van der Waals surface area contributed by atoms with Crippen LogP contribution in [-0.2, 0) is 13.1 Å². The van der Waals surface area contributed by atoms with Gasteiger partial charge in [0.2, 0.25) is 0 Å². The summed E-state index contributed by atoms with van der Waals surface area (Å²) in [7, 11) is 3.76. The van der Waals surface area contributed by atoms with Crippen LogP contribution < -0.4 is 21.5 Å². The van der Waals surface area contributed by atoms with Gasteiger partial charge < -0.3 is 10.2 Å². The SMILES string of the molecule is CC(C)Cn1c(=O)[nH]c(=O)c2c(C(=O)NCc3cccnc3N(C)C)cc(C(C)C)nc21. The molecule has 2 N–H and O–H groups in total. The molecule has 0 fully saturated rings. The van der Waals surface area contributed by atoms with Crippen molar-refractivity contribution in [2.45, 2.75) is 46.7 Å². The van der Waals surface area contributed by atoms with E-state index < -0.39 is 17.2 Å². The molecule has 0 bridgehead atoms. The Kier molecular flexibility index (Phi) is 6.76. The largest absolute Gasteiger partial charge is 0.362 e. The molecule has 9 heteroatoms. The first kappa shape index (κ1) is 23.2. The van der Waals surface area contributed by atoms with Crippen LogP contribution in [0.2, 0.25) is 0 Å². The van der Waals surface area contributed by atoms with E-state index in [9.17, 15) is 14.4 Å². The molecule has 3 rings (SSSR count). The van der Waals surface area contributed by atoms with Crippen LogP contribution in [0.5, 0.6) is 0 Å². The molecule has 9 nitrogen and oxygen atoms in total.